The highest BCUT2D eigenvalue weighted by Crippen LogP contribution is 2.17. The topological polar surface area (TPSA) is 91.0 Å². The summed E-state index contributed by atoms with van der Waals surface area (Å²) >= 11 is 0. The molecule has 8 heteroatoms. The van der Waals surface area contributed by atoms with E-state index >= 15 is 0 Å². The van der Waals surface area contributed by atoms with Crippen LogP contribution in [0.25, 0.3) is 0 Å². The Kier molecular flexibility index (Phi) is 6.70. The van der Waals surface area contributed by atoms with Crippen LogP contribution in [0.1, 0.15) is 39.7 Å². The van der Waals surface area contributed by atoms with Gasteiger partial charge in [-0.25, -0.2) is 9.49 Å². The summed E-state index contributed by atoms with van der Waals surface area (Å²) in [6.07, 6.45) is 5.30. The molecule has 32 heavy (non-hydrogen) atoms. The van der Waals surface area contributed by atoms with Gasteiger partial charge in [0.25, 0.3) is 11.5 Å². The van der Waals surface area contributed by atoms with E-state index in [4.69, 9.17) is 0 Å². The smallest absolute Gasteiger partial charge is 0.267 e. The first-order valence-corrected chi connectivity index (χ1v) is 10.8. The van der Waals surface area contributed by atoms with Crippen molar-refractivity contribution in [2.45, 2.75) is 32.2 Å². The molecule has 4 rings (SSSR count). The van der Waals surface area contributed by atoms with Gasteiger partial charge in [-0.3, -0.25) is 14.6 Å². The fourth-order valence-electron chi connectivity index (χ4n) is 4.02. The lowest BCUT2D eigenvalue weighted by Gasteiger charge is -2.34. The summed E-state index contributed by atoms with van der Waals surface area (Å²) in [5, 5.41) is 10.0. The maximum atomic E-state index is 14.6. The molecule has 1 aliphatic heterocycles. The molecule has 1 amide bonds. The highest BCUT2D eigenvalue weighted by molar-refractivity contribution is 5.94. The number of nitrogens with one attached hydrogen (secondary N) is 2. The van der Waals surface area contributed by atoms with E-state index in [1.807, 2.05) is 25.3 Å². The van der Waals surface area contributed by atoms with Gasteiger partial charge in [-0.15, -0.1) is 0 Å². The number of amides is 1. The second-order valence-corrected chi connectivity index (χ2v) is 8.03. The number of benzene rings is 1. The number of pyridine rings is 1. The van der Waals surface area contributed by atoms with E-state index in [1.54, 1.807) is 29.3 Å². The maximum Gasteiger partial charge on any atom is 0.267 e. The molecule has 1 fully saturated rings. The number of H-pyrrole nitrogens is 1. The number of rotatable bonds is 6. The highest BCUT2D eigenvalue weighted by Gasteiger charge is 2.26. The van der Waals surface area contributed by atoms with Crippen LogP contribution in [0.5, 0.6) is 0 Å². The van der Waals surface area contributed by atoms with Crippen molar-refractivity contribution in [1.29, 1.82) is 0 Å². The molecule has 1 aromatic carbocycles. The highest BCUT2D eigenvalue weighted by atomic mass is 19.1. The number of aromatic amines is 1. The normalized spacial score (nSPS) is 16.2. The van der Waals surface area contributed by atoms with Gasteiger partial charge in [0, 0.05) is 50.1 Å². The summed E-state index contributed by atoms with van der Waals surface area (Å²) in [4.78, 5) is 30.7. The Hall–Kier alpha value is -3.39. The third-order valence-electron chi connectivity index (χ3n) is 5.71. The van der Waals surface area contributed by atoms with Crippen molar-refractivity contribution in [3.05, 3.63) is 92.9 Å². The fraction of sp³-hybridized carbons (Fsp3) is 0.333. The Balaban J connectivity index is 1.49. The van der Waals surface area contributed by atoms with E-state index in [0.29, 0.717) is 43.7 Å². The van der Waals surface area contributed by atoms with Gasteiger partial charge < -0.3 is 10.2 Å². The van der Waals surface area contributed by atoms with Crippen LogP contribution in [0.3, 0.4) is 0 Å². The van der Waals surface area contributed by atoms with Crippen LogP contribution in [0.2, 0.25) is 0 Å². The quantitative estimate of drug-likeness (QED) is 0.619. The lowest BCUT2D eigenvalue weighted by atomic mass is 10.0. The fourth-order valence-corrected chi connectivity index (χ4v) is 4.02. The molecule has 2 N–H and O–H groups in total. The molecule has 0 bridgehead atoms. The van der Waals surface area contributed by atoms with E-state index in [-0.39, 0.29) is 23.1 Å². The van der Waals surface area contributed by atoms with E-state index in [2.05, 4.69) is 20.5 Å². The molecule has 3 aromatic rings. The number of aryl methyl sites for hydroxylation is 1. The number of halogens is 1. The van der Waals surface area contributed by atoms with Gasteiger partial charge in [0.05, 0.1) is 11.3 Å². The molecule has 0 radical (unpaired) electrons. The molecule has 1 unspecified atom stereocenters. The molecule has 166 valence electrons. The van der Waals surface area contributed by atoms with Crippen molar-refractivity contribution in [1.82, 2.24) is 25.4 Å². The molecule has 0 aliphatic carbocycles. The zero-order valence-electron chi connectivity index (χ0n) is 18.0. The van der Waals surface area contributed by atoms with E-state index in [0.717, 1.165) is 17.5 Å². The summed E-state index contributed by atoms with van der Waals surface area (Å²) in [5.41, 5.74) is 3.03. The third-order valence-corrected chi connectivity index (χ3v) is 5.71. The molecule has 1 saturated heterocycles. The number of hydrogen-bond acceptors (Lipinski definition) is 5. The average Bonchev–Trinajstić information content (AvgIpc) is 2.82. The van der Waals surface area contributed by atoms with Gasteiger partial charge in [-0.2, -0.15) is 5.10 Å². The van der Waals surface area contributed by atoms with Gasteiger partial charge >= 0.3 is 0 Å². The van der Waals surface area contributed by atoms with Crippen LogP contribution in [0.15, 0.2) is 53.6 Å². The minimum absolute atomic E-state index is 0.0599. The average molecular weight is 436 g/mol. The number of aromatic nitrogens is 3. The molecule has 2 aromatic heterocycles. The number of hydrogen-bond donors (Lipinski definition) is 2. The number of piperazine rings is 1. The lowest BCUT2D eigenvalue weighted by molar-refractivity contribution is 0.0698. The Bertz CT molecular complexity index is 1150. The van der Waals surface area contributed by atoms with Crippen LogP contribution in [-0.2, 0) is 19.3 Å². The van der Waals surface area contributed by atoms with E-state index in [9.17, 15) is 14.0 Å². The largest absolute Gasteiger partial charge is 0.336 e. The van der Waals surface area contributed by atoms with Crippen molar-refractivity contribution in [3.63, 3.8) is 0 Å². The molecular weight excluding hydrogens is 409 g/mol. The molecule has 1 atom stereocenters. The zero-order chi connectivity index (χ0) is 22.5. The second-order valence-electron chi connectivity index (χ2n) is 8.03. The summed E-state index contributed by atoms with van der Waals surface area (Å²) in [5.74, 6) is -0.851. The maximum absolute atomic E-state index is 14.6. The van der Waals surface area contributed by atoms with Gasteiger partial charge in [0.15, 0.2) is 0 Å². The van der Waals surface area contributed by atoms with Gasteiger partial charge in [-0.05, 0) is 48.2 Å². The zero-order valence-corrected chi connectivity index (χ0v) is 18.0. The monoisotopic (exact) mass is 435 g/mol. The summed E-state index contributed by atoms with van der Waals surface area (Å²) < 4.78 is 14.6. The Morgan fingerprint density at radius 3 is 2.91 bits per heavy atom. The Morgan fingerprint density at radius 2 is 2.12 bits per heavy atom. The molecule has 7 nitrogen and oxygen atoms in total. The van der Waals surface area contributed by atoms with Crippen LogP contribution in [0, 0.1) is 5.82 Å². The van der Waals surface area contributed by atoms with Gasteiger partial charge in [-0.1, -0.05) is 19.1 Å². The number of carbonyl (C=O) groups excluding carboxylic acids is 1. The third kappa shape index (κ3) is 5.08. The van der Waals surface area contributed by atoms with Crippen molar-refractivity contribution in [2.24, 2.45) is 0 Å². The van der Waals surface area contributed by atoms with Crippen molar-refractivity contribution in [2.75, 3.05) is 19.6 Å². The van der Waals surface area contributed by atoms with Crippen LogP contribution in [0.4, 0.5) is 4.39 Å². The standard InChI is InChI=1S/C24H26FN5O2/c1-2-18-13-19(28-29-23(18)31)10-16-5-6-22(25)21(12-16)24(32)30-9-8-27-20(15-30)11-17-4-3-7-26-14-17/h3-7,12-14,20,27H,2,8-11,15H2,1H3,(H,29,31). The van der Waals surface area contributed by atoms with Gasteiger partial charge in [0.1, 0.15) is 5.82 Å². The Morgan fingerprint density at radius 1 is 1.25 bits per heavy atom. The molecule has 0 saturated carbocycles. The Labute approximate surface area is 185 Å². The van der Waals surface area contributed by atoms with Crippen LogP contribution in [-0.4, -0.2) is 51.7 Å². The molecule has 0 spiro atoms. The SMILES string of the molecule is CCc1cc(Cc2ccc(F)c(C(=O)N3CCNC(Cc4cccnc4)C3)c2)n[nH]c1=O. The van der Waals surface area contributed by atoms with Crippen molar-refractivity contribution < 1.29 is 9.18 Å². The van der Waals surface area contributed by atoms with Crippen LogP contribution < -0.4 is 10.9 Å². The van der Waals surface area contributed by atoms with E-state index < -0.39 is 5.82 Å². The molecule has 1 aliphatic rings. The van der Waals surface area contributed by atoms with E-state index in [1.165, 1.54) is 6.07 Å². The summed E-state index contributed by atoms with van der Waals surface area (Å²) in [6, 6.07) is 10.3. The van der Waals surface area contributed by atoms with Crippen molar-refractivity contribution in [3.8, 4) is 0 Å². The number of nitrogens with zero attached hydrogens (tertiary/aromatic N) is 3. The molecular formula is C24H26FN5O2. The van der Waals surface area contributed by atoms with Crippen molar-refractivity contribution >= 4 is 5.91 Å². The number of carbonyl (C=O) groups is 1. The predicted molar refractivity (Wildman–Crippen MR) is 119 cm³/mol. The summed E-state index contributed by atoms with van der Waals surface area (Å²) in [7, 11) is 0. The predicted octanol–water partition coefficient (Wildman–Crippen LogP) is 2.11. The van der Waals surface area contributed by atoms with Crippen LogP contribution >= 0.6 is 0 Å². The lowest BCUT2D eigenvalue weighted by Crippen LogP contribution is -2.53. The minimum Gasteiger partial charge on any atom is -0.336 e. The first-order valence-electron chi connectivity index (χ1n) is 10.8. The first-order chi connectivity index (χ1) is 15.5. The van der Waals surface area contributed by atoms with Gasteiger partial charge in [0.2, 0.25) is 0 Å². The minimum atomic E-state index is -0.537. The molecule has 3 heterocycles. The second kappa shape index (κ2) is 9.82. The summed E-state index contributed by atoms with van der Waals surface area (Å²) in [6.45, 7) is 3.57. The first kappa shape index (κ1) is 21.8.